The van der Waals surface area contributed by atoms with Crippen molar-refractivity contribution in [1.82, 2.24) is 9.80 Å². The predicted octanol–water partition coefficient (Wildman–Crippen LogP) is 2.99. The maximum absolute atomic E-state index is 14.6. The number of nitrogens with zero attached hydrogens (tertiary/aromatic N) is 3. The molecule has 4 rings (SSSR count). The number of carbonyl (C=O) groups excluding carboxylic acids is 3. The number of aryl methyl sites for hydroxylation is 2. The van der Waals surface area contributed by atoms with E-state index < -0.39 is 29.6 Å². The van der Waals surface area contributed by atoms with E-state index in [-0.39, 0.29) is 35.7 Å². The van der Waals surface area contributed by atoms with Crippen LogP contribution in [0.25, 0.3) is 0 Å². The molecule has 3 saturated heterocycles. The molecule has 0 saturated carbocycles. The summed E-state index contributed by atoms with van der Waals surface area (Å²) in [6, 6.07) is 4.97. The second-order valence-corrected chi connectivity index (χ2v) is 11.8. The summed E-state index contributed by atoms with van der Waals surface area (Å²) in [4.78, 5) is 47.0. The van der Waals surface area contributed by atoms with Crippen molar-refractivity contribution in [3.05, 3.63) is 54.6 Å². The fourth-order valence-corrected chi connectivity index (χ4v) is 7.61. The minimum Gasteiger partial charge on any atom is -0.396 e. The Morgan fingerprint density at radius 1 is 1.18 bits per heavy atom. The van der Waals surface area contributed by atoms with Crippen molar-refractivity contribution in [1.29, 1.82) is 0 Å². The van der Waals surface area contributed by atoms with E-state index in [1.54, 1.807) is 33.9 Å². The van der Waals surface area contributed by atoms with Gasteiger partial charge in [0.2, 0.25) is 11.8 Å². The van der Waals surface area contributed by atoms with Crippen LogP contribution in [0.1, 0.15) is 30.4 Å². The Labute approximate surface area is 233 Å². The molecule has 3 aliphatic heterocycles. The smallest absolute Gasteiger partial charge is 0.253 e. The number of aliphatic hydroxyl groups is 1. The number of ether oxygens (including phenoxy) is 1. The topological polar surface area (TPSA) is 90.4 Å². The number of carbonyl (C=O) groups is 3. The third kappa shape index (κ3) is 4.52. The lowest BCUT2D eigenvalue weighted by molar-refractivity contribution is -0.144. The van der Waals surface area contributed by atoms with Gasteiger partial charge in [0.05, 0.1) is 17.9 Å². The van der Waals surface area contributed by atoms with Crippen molar-refractivity contribution < 1.29 is 24.2 Å². The van der Waals surface area contributed by atoms with Crippen LogP contribution < -0.4 is 4.90 Å². The molecule has 1 spiro atoms. The van der Waals surface area contributed by atoms with Crippen LogP contribution in [0.4, 0.5) is 5.69 Å². The van der Waals surface area contributed by atoms with Crippen LogP contribution in [-0.2, 0) is 19.1 Å². The van der Waals surface area contributed by atoms with Gasteiger partial charge in [-0.3, -0.25) is 14.4 Å². The normalized spacial score (nSPS) is 29.3. The van der Waals surface area contributed by atoms with Crippen molar-refractivity contribution in [2.45, 2.75) is 55.7 Å². The zero-order chi connectivity index (χ0) is 27.8. The molecule has 3 fully saturated rings. The lowest BCUT2D eigenvalue weighted by atomic mass is 9.70. The van der Waals surface area contributed by atoms with Gasteiger partial charge in [-0.05, 0) is 44.2 Å². The van der Waals surface area contributed by atoms with Crippen LogP contribution in [-0.4, -0.2) is 88.5 Å². The Kier molecular flexibility index (Phi) is 8.49. The van der Waals surface area contributed by atoms with Crippen molar-refractivity contribution in [3.8, 4) is 0 Å². The molecule has 1 N–H and O–H groups in total. The van der Waals surface area contributed by atoms with E-state index in [0.29, 0.717) is 32.4 Å². The highest BCUT2D eigenvalue weighted by Crippen LogP contribution is 2.60. The van der Waals surface area contributed by atoms with Gasteiger partial charge in [-0.1, -0.05) is 46.3 Å². The van der Waals surface area contributed by atoms with Gasteiger partial charge >= 0.3 is 0 Å². The number of hydrogen-bond donors (Lipinski definition) is 1. The standard InChI is InChI=1S/C29H38BrN3O5/c1-6-13-31(5)26(35)21-22-27(36)33(15-8-9-16-34)25(29(22)17-20(30)24(21)38-29)28(37)32(14-7-2)23-18(3)11-10-12-19(23)4/h6-7,10-12,20-22,24-25,34H,1-2,8-9,13-17H2,3-5H3/t20?,21-,22-,24-,25?,29?/m0/s1. The molecule has 0 radical (unpaired) electrons. The minimum atomic E-state index is -1.13. The number of amides is 3. The van der Waals surface area contributed by atoms with E-state index in [0.717, 1.165) is 16.8 Å². The average molecular weight is 589 g/mol. The minimum absolute atomic E-state index is 0.00425. The number of likely N-dealkylation sites (N-methyl/N-ethyl adjacent to an activating group) is 1. The van der Waals surface area contributed by atoms with Crippen LogP contribution in [0.2, 0.25) is 0 Å². The highest BCUT2D eigenvalue weighted by Gasteiger charge is 2.76. The molecule has 8 nitrogen and oxygen atoms in total. The summed E-state index contributed by atoms with van der Waals surface area (Å²) in [6.45, 7) is 12.5. The van der Waals surface area contributed by atoms with Gasteiger partial charge < -0.3 is 24.5 Å². The van der Waals surface area contributed by atoms with Crippen molar-refractivity contribution in [2.75, 3.05) is 38.2 Å². The summed E-state index contributed by atoms with van der Waals surface area (Å²) in [7, 11) is 1.69. The van der Waals surface area contributed by atoms with Crippen molar-refractivity contribution in [2.24, 2.45) is 11.8 Å². The average Bonchev–Trinajstić information content (AvgIpc) is 3.46. The molecule has 2 bridgehead atoms. The molecule has 38 heavy (non-hydrogen) atoms. The number of benzene rings is 1. The summed E-state index contributed by atoms with van der Waals surface area (Å²) in [5, 5.41) is 9.40. The van der Waals surface area contributed by atoms with Crippen LogP contribution in [0.3, 0.4) is 0 Å². The van der Waals surface area contributed by atoms with Gasteiger partial charge in [0.25, 0.3) is 5.91 Å². The van der Waals surface area contributed by atoms with E-state index >= 15 is 0 Å². The number of hydrogen-bond acceptors (Lipinski definition) is 5. The molecule has 6 atom stereocenters. The third-order valence-corrected chi connectivity index (χ3v) is 9.03. The zero-order valence-electron chi connectivity index (χ0n) is 22.4. The number of aliphatic hydroxyl groups excluding tert-OH is 1. The molecule has 0 aliphatic carbocycles. The fraction of sp³-hybridized carbons (Fsp3) is 0.552. The number of anilines is 1. The number of rotatable bonds is 11. The van der Waals surface area contributed by atoms with E-state index in [2.05, 4.69) is 29.1 Å². The summed E-state index contributed by atoms with van der Waals surface area (Å²) < 4.78 is 6.62. The second kappa shape index (κ2) is 11.3. The second-order valence-electron chi connectivity index (χ2n) is 10.6. The summed E-state index contributed by atoms with van der Waals surface area (Å²) in [5.74, 6) is -2.10. The first-order valence-electron chi connectivity index (χ1n) is 13.2. The van der Waals surface area contributed by atoms with Crippen LogP contribution in [0.5, 0.6) is 0 Å². The molecular weight excluding hydrogens is 550 g/mol. The zero-order valence-corrected chi connectivity index (χ0v) is 24.0. The predicted molar refractivity (Wildman–Crippen MR) is 150 cm³/mol. The summed E-state index contributed by atoms with van der Waals surface area (Å²) in [6.07, 6.45) is 4.31. The lowest BCUT2D eigenvalue weighted by Crippen LogP contribution is -2.57. The molecule has 3 amide bonds. The number of halogens is 1. The summed E-state index contributed by atoms with van der Waals surface area (Å²) in [5.41, 5.74) is 1.55. The van der Waals surface area contributed by atoms with Gasteiger partial charge in [0.15, 0.2) is 0 Å². The fourth-order valence-electron chi connectivity index (χ4n) is 6.66. The Balaban J connectivity index is 1.81. The quantitative estimate of drug-likeness (QED) is 0.244. The van der Waals surface area contributed by atoms with Crippen LogP contribution in [0.15, 0.2) is 43.5 Å². The number of fused-ring (bicyclic) bond motifs is 1. The largest absolute Gasteiger partial charge is 0.396 e. The molecule has 0 aromatic heterocycles. The molecule has 1 aromatic carbocycles. The first-order valence-corrected chi connectivity index (χ1v) is 14.1. The van der Waals surface area contributed by atoms with E-state index in [1.165, 1.54) is 0 Å². The maximum atomic E-state index is 14.6. The Morgan fingerprint density at radius 2 is 1.84 bits per heavy atom. The number of unbranched alkanes of at least 4 members (excludes halogenated alkanes) is 1. The third-order valence-electron chi connectivity index (χ3n) is 8.18. The number of para-hydroxylation sites is 1. The van der Waals surface area contributed by atoms with Crippen molar-refractivity contribution in [3.63, 3.8) is 0 Å². The summed E-state index contributed by atoms with van der Waals surface area (Å²) >= 11 is 3.72. The molecule has 1 aromatic rings. The van der Waals surface area contributed by atoms with E-state index in [1.807, 2.05) is 32.0 Å². The van der Waals surface area contributed by atoms with Gasteiger partial charge in [0.1, 0.15) is 11.6 Å². The van der Waals surface area contributed by atoms with Gasteiger partial charge in [0, 0.05) is 43.8 Å². The maximum Gasteiger partial charge on any atom is 0.253 e. The first-order chi connectivity index (χ1) is 18.1. The molecule has 3 unspecified atom stereocenters. The van der Waals surface area contributed by atoms with Gasteiger partial charge in [-0.2, -0.15) is 0 Å². The Hall–Kier alpha value is -2.49. The first kappa shape index (κ1) is 28.5. The molecular formula is C29H38BrN3O5. The molecule has 206 valence electrons. The van der Waals surface area contributed by atoms with Crippen molar-refractivity contribution >= 4 is 39.3 Å². The van der Waals surface area contributed by atoms with Crippen LogP contribution >= 0.6 is 15.9 Å². The number of alkyl halides is 1. The monoisotopic (exact) mass is 587 g/mol. The molecule has 3 heterocycles. The van der Waals surface area contributed by atoms with Gasteiger partial charge in [-0.25, -0.2) is 0 Å². The number of likely N-dealkylation sites (tertiary alicyclic amines) is 1. The lowest BCUT2D eigenvalue weighted by Gasteiger charge is -2.38. The Morgan fingerprint density at radius 3 is 2.45 bits per heavy atom. The highest BCUT2D eigenvalue weighted by molar-refractivity contribution is 9.09. The SMILES string of the molecule is C=CCN(C)C(=O)[C@H]1[C@H]2C(=O)N(CCCCO)C(C(=O)N(CC=C)c3c(C)cccc3C)C23CC(Br)[C@@H]1O3. The highest BCUT2D eigenvalue weighted by atomic mass is 79.9. The molecule has 3 aliphatic rings. The van der Waals surface area contributed by atoms with E-state index in [4.69, 9.17) is 4.74 Å². The van der Waals surface area contributed by atoms with E-state index in [9.17, 15) is 19.5 Å². The van der Waals surface area contributed by atoms with Crippen LogP contribution in [0, 0.1) is 25.7 Å². The molecule has 9 heteroatoms. The van der Waals surface area contributed by atoms with Gasteiger partial charge in [-0.15, -0.1) is 13.2 Å². The Bertz CT molecular complexity index is 1110.